The molecule has 5 rings (SSSR count). The third-order valence-corrected chi connectivity index (χ3v) is 5.35. The number of benzene rings is 2. The zero-order valence-electron chi connectivity index (χ0n) is 17.2. The van der Waals surface area contributed by atoms with Gasteiger partial charge in [0.05, 0.1) is 37.7 Å². The topological polar surface area (TPSA) is 78.2 Å². The highest BCUT2D eigenvalue weighted by Crippen LogP contribution is 2.19. The lowest BCUT2D eigenvalue weighted by Gasteiger charge is -2.26. The van der Waals surface area contributed by atoms with E-state index in [1.165, 1.54) is 0 Å². The first kappa shape index (κ1) is 19.6. The lowest BCUT2D eigenvalue weighted by molar-refractivity contribution is 0.0322. The van der Waals surface area contributed by atoms with Crippen molar-refractivity contribution in [1.82, 2.24) is 29.9 Å². The molecule has 31 heavy (non-hydrogen) atoms. The van der Waals surface area contributed by atoms with Crippen LogP contribution in [0.1, 0.15) is 5.56 Å². The molecule has 2 aromatic heterocycles. The Hall–Kier alpha value is -3.36. The number of fused-ring (bicyclic) bond motifs is 1. The van der Waals surface area contributed by atoms with E-state index in [4.69, 9.17) is 9.47 Å². The largest absolute Gasteiger partial charge is 0.489 e. The second kappa shape index (κ2) is 9.20. The summed E-state index contributed by atoms with van der Waals surface area (Å²) in [6.45, 7) is 5.64. The van der Waals surface area contributed by atoms with Gasteiger partial charge in [0.25, 0.3) is 0 Å². The number of hydrogen-bond donors (Lipinski definition) is 0. The highest BCUT2D eigenvalue weighted by molar-refractivity contribution is 5.74. The van der Waals surface area contributed by atoms with Crippen LogP contribution < -0.4 is 4.74 Å². The molecule has 3 heterocycles. The second-order valence-electron chi connectivity index (χ2n) is 7.48. The molecule has 0 bridgehead atoms. The first-order chi connectivity index (χ1) is 15.3. The lowest BCUT2D eigenvalue weighted by Crippen LogP contribution is -2.38. The smallest absolute Gasteiger partial charge is 0.159 e. The van der Waals surface area contributed by atoms with Crippen LogP contribution in [-0.4, -0.2) is 69.3 Å². The summed E-state index contributed by atoms with van der Waals surface area (Å²) in [5.41, 5.74) is 3.98. The fraction of sp³-hybridized carbons (Fsp3) is 0.304. The summed E-state index contributed by atoms with van der Waals surface area (Å²) in [4.78, 5) is 11.3. The molecular formula is C23H24N6O2. The van der Waals surface area contributed by atoms with Crippen LogP contribution in [0.2, 0.25) is 0 Å². The van der Waals surface area contributed by atoms with E-state index in [-0.39, 0.29) is 0 Å². The van der Waals surface area contributed by atoms with E-state index >= 15 is 0 Å². The van der Waals surface area contributed by atoms with Gasteiger partial charge in [-0.3, -0.25) is 4.90 Å². The number of ether oxygens (including phenoxy) is 2. The molecule has 0 atom stereocenters. The molecule has 8 heteroatoms. The van der Waals surface area contributed by atoms with Gasteiger partial charge in [0.1, 0.15) is 12.1 Å². The highest BCUT2D eigenvalue weighted by atomic mass is 16.5. The van der Waals surface area contributed by atoms with Crippen LogP contribution in [0.3, 0.4) is 0 Å². The average Bonchev–Trinajstić information content (AvgIpc) is 3.23. The predicted molar refractivity (Wildman–Crippen MR) is 117 cm³/mol. The van der Waals surface area contributed by atoms with E-state index in [2.05, 4.69) is 37.3 Å². The van der Waals surface area contributed by atoms with Crippen molar-refractivity contribution in [3.63, 3.8) is 0 Å². The van der Waals surface area contributed by atoms with Crippen LogP contribution in [0.15, 0.2) is 60.9 Å². The van der Waals surface area contributed by atoms with E-state index in [1.54, 1.807) is 12.4 Å². The standard InChI is InChI=1S/C23H24N6O2/c1-2-7-22-21(6-1)26-27-29(22)17-18-4-3-5-19(14-18)23-24-15-20(16-25-23)31-13-10-28-8-11-30-12-9-28/h1-7,14-16H,8-13,17H2. The van der Waals surface area contributed by atoms with E-state index in [0.717, 1.165) is 55.0 Å². The number of nitrogens with zero attached hydrogens (tertiary/aromatic N) is 6. The minimum absolute atomic E-state index is 0.615. The summed E-state index contributed by atoms with van der Waals surface area (Å²) in [5.74, 6) is 1.35. The molecule has 0 amide bonds. The van der Waals surface area contributed by atoms with Gasteiger partial charge in [-0.25, -0.2) is 14.6 Å². The summed E-state index contributed by atoms with van der Waals surface area (Å²) in [6, 6.07) is 16.1. The van der Waals surface area contributed by atoms with Gasteiger partial charge >= 0.3 is 0 Å². The van der Waals surface area contributed by atoms with Crippen molar-refractivity contribution in [1.29, 1.82) is 0 Å². The van der Waals surface area contributed by atoms with Crippen LogP contribution in [-0.2, 0) is 11.3 Å². The van der Waals surface area contributed by atoms with E-state index in [9.17, 15) is 0 Å². The van der Waals surface area contributed by atoms with Crippen LogP contribution >= 0.6 is 0 Å². The third kappa shape index (κ3) is 4.70. The van der Waals surface area contributed by atoms with Crippen LogP contribution in [0, 0.1) is 0 Å². The quantitative estimate of drug-likeness (QED) is 0.458. The molecule has 0 spiro atoms. The third-order valence-electron chi connectivity index (χ3n) is 5.35. The number of hydrogen-bond acceptors (Lipinski definition) is 7. The van der Waals surface area contributed by atoms with Gasteiger partial charge in [-0.15, -0.1) is 5.10 Å². The summed E-state index contributed by atoms with van der Waals surface area (Å²) in [7, 11) is 0. The molecule has 0 aliphatic carbocycles. The fourth-order valence-electron chi connectivity index (χ4n) is 3.67. The zero-order valence-corrected chi connectivity index (χ0v) is 17.2. The Morgan fingerprint density at radius 1 is 0.968 bits per heavy atom. The molecule has 1 saturated heterocycles. The molecule has 1 aliphatic heterocycles. The maximum atomic E-state index is 5.81. The predicted octanol–water partition coefficient (Wildman–Crippen LogP) is 2.65. The van der Waals surface area contributed by atoms with E-state index in [1.807, 2.05) is 41.1 Å². The van der Waals surface area contributed by atoms with Crippen molar-refractivity contribution in [3.8, 4) is 17.1 Å². The number of aromatic nitrogens is 5. The van der Waals surface area contributed by atoms with Gasteiger partial charge in [0.2, 0.25) is 0 Å². The maximum absolute atomic E-state index is 5.81. The Morgan fingerprint density at radius 2 is 1.81 bits per heavy atom. The number of para-hydroxylation sites is 1. The minimum atomic E-state index is 0.615. The van der Waals surface area contributed by atoms with Gasteiger partial charge in [0, 0.05) is 25.2 Å². The Labute approximate surface area is 180 Å². The van der Waals surface area contributed by atoms with Crippen molar-refractivity contribution in [3.05, 3.63) is 66.5 Å². The lowest BCUT2D eigenvalue weighted by atomic mass is 10.1. The van der Waals surface area contributed by atoms with Crippen molar-refractivity contribution in [2.45, 2.75) is 6.54 Å². The number of morpholine rings is 1. The second-order valence-corrected chi connectivity index (χ2v) is 7.48. The van der Waals surface area contributed by atoms with Crippen molar-refractivity contribution in [2.75, 3.05) is 39.5 Å². The molecule has 8 nitrogen and oxygen atoms in total. The molecule has 1 aliphatic rings. The molecule has 1 fully saturated rings. The van der Waals surface area contributed by atoms with Crippen molar-refractivity contribution < 1.29 is 9.47 Å². The molecule has 2 aromatic carbocycles. The zero-order chi connectivity index (χ0) is 20.9. The first-order valence-corrected chi connectivity index (χ1v) is 10.5. The normalized spacial score (nSPS) is 14.7. The summed E-state index contributed by atoms with van der Waals surface area (Å²) >= 11 is 0. The molecule has 0 radical (unpaired) electrons. The van der Waals surface area contributed by atoms with Gasteiger partial charge in [-0.2, -0.15) is 0 Å². The molecule has 158 valence electrons. The van der Waals surface area contributed by atoms with Crippen molar-refractivity contribution >= 4 is 11.0 Å². The van der Waals surface area contributed by atoms with Crippen LogP contribution in [0.25, 0.3) is 22.4 Å². The van der Waals surface area contributed by atoms with E-state index < -0.39 is 0 Å². The summed E-state index contributed by atoms with van der Waals surface area (Å²) in [5, 5.41) is 8.50. The number of rotatable bonds is 7. The van der Waals surface area contributed by atoms with Gasteiger partial charge in [0.15, 0.2) is 11.6 Å². The Morgan fingerprint density at radius 3 is 2.68 bits per heavy atom. The van der Waals surface area contributed by atoms with Gasteiger partial charge in [-0.05, 0) is 23.8 Å². The van der Waals surface area contributed by atoms with Gasteiger partial charge in [-0.1, -0.05) is 35.5 Å². The van der Waals surface area contributed by atoms with Crippen LogP contribution in [0.4, 0.5) is 0 Å². The average molecular weight is 416 g/mol. The Kier molecular flexibility index (Phi) is 5.81. The fourth-order valence-corrected chi connectivity index (χ4v) is 3.67. The Bertz CT molecular complexity index is 1140. The van der Waals surface area contributed by atoms with Crippen LogP contribution in [0.5, 0.6) is 5.75 Å². The summed E-state index contributed by atoms with van der Waals surface area (Å²) < 4.78 is 13.1. The molecule has 0 N–H and O–H groups in total. The minimum Gasteiger partial charge on any atom is -0.489 e. The van der Waals surface area contributed by atoms with E-state index in [0.29, 0.717) is 24.7 Å². The molecule has 0 saturated carbocycles. The first-order valence-electron chi connectivity index (χ1n) is 10.5. The Balaban J connectivity index is 1.23. The SMILES string of the molecule is c1cc(Cn2nnc3ccccc32)cc(-c2ncc(OCCN3CCOCC3)cn2)c1. The molecule has 4 aromatic rings. The molecular weight excluding hydrogens is 392 g/mol. The monoisotopic (exact) mass is 416 g/mol. The maximum Gasteiger partial charge on any atom is 0.159 e. The highest BCUT2D eigenvalue weighted by Gasteiger charge is 2.10. The summed E-state index contributed by atoms with van der Waals surface area (Å²) in [6.07, 6.45) is 3.47. The van der Waals surface area contributed by atoms with Crippen molar-refractivity contribution in [2.24, 2.45) is 0 Å². The molecule has 0 unspecified atom stereocenters. The van der Waals surface area contributed by atoms with Gasteiger partial charge < -0.3 is 9.47 Å².